The van der Waals surface area contributed by atoms with Gasteiger partial charge in [-0.2, -0.15) is 0 Å². The number of aromatic nitrogens is 2. The van der Waals surface area contributed by atoms with E-state index >= 15 is 0 Å². The Balaban J connectivity index is 2.04. The molecule has 2 rings (SSSR count). The zero-order chi connectivity index (χ0) is 15.6. The van der Waals surface area contributed by atoms with E-state index in [9.17, 15) is 4.79 Å². The predicted octanol–water partition coefficient (Wildman–Crippen LogP) is 2.09. The summed E-state index contributed by atoms with van der Waals surface area (Å²) >= 11 is 0. The number of aromatic amines is 2. The van der Waals surface area contributed by atoms with Crippen LogP contribution in [0.25, 0.3) is 11.0 Å². The molecule has 1 aromatic carbocycles. The molecule has 0 radical (unpaired) electrons. The summed E-state index contributed by atoms with van der Waals surface area (Å²) in [5.74, 6) is 0. The Labute approximate surface area is 125 Å². The van der Waals surface area contributed by atoms with Crippen LogP contribution in [0.3, 0.4) is 0 Å². The van der Waals surface area contributed by atoms with Crippen LogP contribution >= 0.6 is 0 Å². The van der Waals surface area contributed by atoms with Crippen LogP contribution in [0, 0.1) is 5.41 Å². The van der Waals surface area contributed by atoms with Crippen molar-refractivity contribution in [3.63, 3.8) is 0 Å². The fourth-order valence-electron chi connectivity index (χ4n) is 2.78. The number of hydrogen-bond donors (Lipinski definition) is 3. The normalized spacial score (nSPS) is 14.0. The second-order valence-electron chi connectivity index (χ2n) is 6.89. The number of benzene rings is 1. The molecule has 3 N–H and O–H groups in total. The Bertz CT molecular complexity index is 654. The minimum absolute atomic E-state index is 0.158. The van der Waals surface area contributed by atoms with Gasteiger partial charge < -0.3 is 20.2 Å². The van der Waals surface area contributed by atoms with Gasteiger partial charge in [-0.25, -0.2) is 4.79 Å². The minimum atomic E-state index is -0.158. The van der Waals surface area contributed by atoms with Crippen molar-refractivity contribution in [2.24, 2.45) is 5.41 Å². The third-order valence-electron chi connectivity index (χ3n) is 3.67. The van der Waals surface area contributed by atoms with Crippen LogP contribution < -0.4 is 11.0 Å². The zero-order valence-electron chi connectivity index (χ0n) is 13.6. The monoisotopic (exact) mass is 290 g/mol. The predicted molar refractivity (Wildman–Crippen MR) is 87.7 cm³/mol. The summed E-state index contributed by atoms with van der Waals surface area (Å²) in [4.78, 5) is 19.1. The van der Waals surface area contributed by atoms with Crippen molar-refractivity contribution in [3.05, 3.63) is 34.2 Å². The Hall–Kier alpha value is -1.59. The molecule has 0 aliphatic heterocycles. The number of rotatable bonds is 6. The molecule has 0 saturated carbocycles. The molecule has 5 heteroatoms. The minimum Gasteiger partial charge on any atom is -0.310 e. The van der Waals surface area contributed by atoms with Gasteiger partial charge in [0.25, 0.3) is 0 Å². The summed E-state index contributed by atoms with van der Waals surface area (Å²) in [7, 11) is 4.20. The number of imidazole rings is 1. The van der Waals surface area contributed by atoms with Crippen LogP contribution in [-0.2, 0) is 0 Å². The second-order valence-corrected chi connectivity index (χ2v) is 6.89. The van der Waals surface area contributed by atoms with Gasteiger partial charge >= 0.3 is 5.69 Å². The number of fused-ring (bicyclic) bond motifs is 1. The molecule has 0 fully saturated rings. The first-order valence-electron chi connectivity index (χ1n) is 7.37. The summed E-state index contributed by atoms with van der Waals surface area (Å²) in [6.45, 7) is 8.65. The maximum absolute atomic E-state index is 11.3. The molecule has 1 heterocycles. The van der Waals surface area contributed by atoms with Gasteiger partial charge in [0.15, 0.2) is 0 Å². The molecule has 1 atom stereocenters. The quantitative estimate of drug-likeness (QED) is 0.763. The molecular weight excluding hydrogens is 264 g/mol. The van der Waals surface area contributed by atoms with E-state index < -0.39 is 0 Å². The SMILES string of the molecule is CC(NCC(C)(C)CN(C)C)c1ccc2[nH]c(=O)[nH]c2c1. The van der Waals surface area contributed by atoms with E-state index in [0.717, 1.165) is 24.1 Å². The average molecular weight is 290 g/mol. The molecule has 21 heavy (non-hydrogen) atoms. The standard InChI is InChI=1S/C16H26N4O/c1-11(17-9-16(2,3)10-20(4)5)12-6-7-13-14(8-12)19-15(21)18-13/h6-8,11,17H,9-10H2,1-5H3,(H2,18,19,21). The number of nitrogens with one attached hydrogen (secondary N) is 3. The van der Waals surface area contributed by atoms with Gasteiger partial charge in [-0.05, 0) is 44.1 Å². The van der Waals surface area contributed by atoms with Gasteiger partial charge in [0.05, 0.1) is 11.0 Å². The Morgan fingerprint density at radius 2 is 1.90 bits per heavy atom. The first-order valence-corrected chi connectivity index (χ1v) is 7.37. The molecule has 0 aliphatic rings. The van der Waals surface area contributed by atoms with Crippen molar-refractivity contribution in [3.8, 4) is 0 Å². The number of nitrogens with zero attached hydrogens (tertiary/aromatic N) is 1. The lowest BCUT2D eigenvalue weighted by Gasteiger charge is -2.30. The Morgan fingerprint density at radius 3 is 2.57 bits per heavy atom. The first-order chi connectivity index (χ1) is 9.77. The maximum atomic E-state index is 11.3. The molecule has 1 aromatic heterocycles. The van der Waals surface area contributed by atoms with E-state index in [2.05, 4.69) is 61.1 Å². The van der Waals surface area contributed by atoms with E-state index in [1.54, 1.807) is 0 Å². The van der Waals surface area contributed by atoms with E-state index in [1.165, 1.54) is 5.56 Å². The Kier molecular flexibility index (Phi) is 4.54. The molecule has 0 aliphatic carbocycles. The van der Waals surface area contributed by atoms with Crippen molar-refractivity contribution < 1.29 is 0 Å². The Morgan fingerprint density at radius 1 is 1.24 bits per heavy atom. The molecule has 0 bridgehead atoms. The molecule has 5 nitrogen and oxygen atoms in total. The smallest absolute Gasteiger partial charge is 0.310 e. The van der Waals surface area contributed by atoms with Crippen LogP contribution in [0.4, 0.5) is 0 Å². The van der Waals surface area contributed by atoms with Gasteiger partial charge in [-0.1, -0.05) is 19.9 Å². The van der Waals surface area contributed by atoms with Gasteiger partial charge in [0.1, 0.15) is 0 Å². The van der Waals surface area contributed by atoms with Crippen molar-refractivity contribution in [2.75, 3.05) is 27.2 Å². The highest BCUT2D eigenvalue weighted by atomic mass is 16.1. The van der Waals surface area contributed by atoms with Crippen molar-refractivity contribution >= 4 is 11.0 Å². The lowest BCUT2D eigenvalue weighted by Crippen LogP contribution is -2.38. The fourth-order valence-corrected chi connectivity index (χ4v) is 2.78. The molecular formula is C16H26N4O. The highest BCUT2D eigenvalue weighted by Crippen LogP contribution is 2.20. The lowest BCUT2D eigenvalue weighted by molar-refractivity contribution is 0.227. The van der Waals surface area contributed by atoms with Crippen molar-refractivity contribution in [1.82, 2.24) is 20.2 Å². The third kappa shape index (κ3) is 4.19. The maximum Gasteiger partial charge on any atom is 0.323 e. The highest BCUT2D eigenvalue weighted by Gasteiger charge is 2.20. The summed E-state index contributed by atoms with van der Waals surface area (Å²) < 4.78 is 0. The average Bonchev–Trinajstić information content (AvgIpc) is 2.73. The topological polar surface area (TPSA) is 63.9 Å². The molecule has 2 aromatic rings. The molecule has 0 amide bonds. The van der Waals surface area contributed by atoms with Crippen LogP contribution in [0.15, 0.2) is 23.0 Å². The molecule has 0 saturated heterocycles. The zero-order valence-corrected chi connectivity index (χ0v) is 13.6. The second kappa shape index (κ2) is 6.03. The van der Waals surface area contributed by atoms with Crippen molar-refractivity contribution in [1.29, 1.82) is 0 Å². The highest BCUT2D eigenvalue weighted by molar-refractivity contribution is 5.75. The molecule has 0 spiro atoms. The van der Waals surface area contributed by atoms with Crippen LogP contribution in [0.2, 0.25) is 0 Å². The third-order valence-corrected chi connectivity index (χ3v) is 3.67. The molecule has 1 unspecified atom stereocenters. The van der Waals surface area contributed by atoms with Crippen LogP contribution in [0.5, 0.6) is 0 Å². The van der Waals surface area contributed by atoms with Gasteiger partial charge in [-0.15, -0.1) is 0 Å². The summed E-state index contributed by atoms with van der Waals surface area (Å²) in [5, 5.41) is 3.59. The lowest BCUT2D eigenvalue weighted by atomic mass is 9.92. The van der Waals surface area contributed by atoms with E-state index in [0.29, 0.717) is 0 Å². The largest absolute Gasteiger partial charge is 0.323 e. The van der Waals surface area contributed by atoms with E-state index in [-0.39, 0.29) is 17.1 Å². The first kappa shape index (κ1) is 15.8. The van der Waals surface area contributed by atoms with Gasteiger partial charge in [-0.3, -0.25) is 0 Å². The molecule has 116 valence electrons. The summed E-state index contributed by atoms with van der Waals surface area (Å²) in [6, 6.07) is 6.28. The number of H-pyrrole nitrogens is 2. The van der Waals surface area contributed by atoms with Gasteiger partial charge in [0.2, 0.25) is 0 Å². The van der Waals surface area contributed by atoms with Gasteiger partial charge in [0, 0.05) is 19.1 Å². The summed E-state index contributed by atoms with van der Waals surface area (Å²) in [5.41, 5.74) is 2.94. The van der Waals surface area contributed by atoms with E-state index in [1.807, 2.05) is 12.1 Å². The number of hydrogen-bond acceptors (Lipinski definition) is 3. The van der Waals surface area contributed by atoms with Crippen molar-refractivity contribution in [2.45, 2.75) is 26.8 Å². The van der Waals surface area contributed by atoms with Crippen LogP contribution in [-0.4, -0.2) is 42.1 Å². The fraction of sp³-hybridized carbons (Fsp3) is 0.562. The summed E-state index contributed by atoms with van der Waals surface area (Å²) in [6.07, 6.45) is 0. The van der Waals surface area contributed by atoms with E-state index in [4.69, 9.17) is 0 Å². The van der Waals surface area contributed by atoms with Crippen LogP contribution in [0.1, 0.15) is 32.4 Å².